The fourth-order valence-corrected chi connectivity index (χ4v) is 3.60. The van der Waals surface area contributed by atoms with Crippen LogP contribution in [0.4, 0.5) is 4.39 Å². The summed E-state index contributed by atoms with van der Waals surface area (Å²) in [6.07, 6.45) is 3.17. The second kappa shape index (κ2) is 10.2. The highest BCUT2D eigenvalue weighted by Crippen LogP contribution is 2.33. The summed E-state index contributed by atoms with van der Waals surface area (Å²) in [4.78, 5) is 4.32. The van der Waals surface area contributed by atoms with Crippen molar-refractivity contribution in [1.29, 1.82) is 0 Å². The molecule has 150 valence electrons. The van der Waals surface area contributed by atoms with Crippen LogP contribution >= 0.6 is 0 Å². The van der Waals surface area contributed by atoms with Crippen LogP contribution in [0.25, 0.3) is 0 Å². The van der Waals surface area contributed by atoms with E-state index >= 15 is 0 Å². The van der Waals surface area contributed by atoms with Crippen molar-refractivity contribution in [2.45, 2.75) is 32.3 Å². The predicted molar refractivity (Wildman–Crippen MR) is 112 cm³/mol. The number of nitrogens with one attached hydrogen (secondary N) is 2. The molecule has 28 heavy (non-hydrogen) atoms. The quantitative estimate of drug-likeness (QED) is 0.585. The summed E-state index contributed by atoms with van der Waals surface area (Å²) in [7, 11) is 1.78. The Labute approximate surface area is 167 Å². The summed E-state index contributed by atoms with van der Waals surface area (Å²) >= 11 is 0. The lowest BCUT2D eigenvalue weighted by molar-refractivity contribution is -0.0265. The van der Waals surface area contributed by atoms with Crippen molar-refractivity contribution in [2.24, 2.45) is 10.9 Å². The number of guanidine groups is 1. The maximum Gasteiger partial charge on any atom is 0.190 e. The smallest absolute Gasteiger partial charge is 0.190 e. The number of ether oxygens (including phenoxy) is 1. The van der Waals surface area contributed by atoms with Gasteiger partial charge in [0.2, 0.25) is 0 Å². The summed E-state index contributed by atoms with van der Waals surface area (Å²) < 4.78 is 19.1. The molecule has 0 aliphatic carbocycles. The number of nitrogens with zero attached hydrogens (tertiary/aromatic N) is 1. The third kappa shape index (κ3) is 5.80. The Hall–Kier alpha value is -2.40. The topological polar surface area (TPSA) is 45.7 Å². The number of aliphatic imine (C=N–C) groups is 1. The minimum atomic E-state index is -0.202. The zero-order chi connectivity index (χ0) is 19.8. The van der Waals surface area contributed by atoms with Gasteiger partial charge in [-0.1, -0.05) is 42.0 Å². The van der Waals surface area contributed by atoms with E-state index in [0.717, 1.165) is 50.5 Å². The molecule has 2 aromatic carbocycles. The number of hydrogen-bond donors (Lipinski definition) is 2. The van der Waals surface area contributed by atoms with Crippen molar-refractivity contribution in [3.63, 3.8) is 0 Å². The van der Waals surface area contributed by atoms with Gasteiger partial charge in [-0.25, -0.2) is 4.39 Å². The lowest BCUT2D eigenvalue weighted by Crippen LogP contribution is -2.42. The molecule has 1 aliphatic rings. The first kappa shape index (κ1) is 20.3. The molecule has 1 heterocycles. The first-order chi connectivity index (χ1) is 13.7. The molecular formula is C23H30FN3O. The Morgan fingerprint density at radius 1 is 1.11 bits per heavy atom. The van der Waals surface area contributed by atoms with Gasteiger partial charge >= 0.3 is 0 Å². The van der Waals surface area contributed by atoms with E-state index in [-0.39, 0.29) is 11.9 Å². The fraction of sp³-hybridized carbons (Fsp3) is 0.435. The number of halogens is 1. The minimum Gasteiger partial charge on any atom is -0.373 e. The summed E-state index contributed by atoms with van der Waals surface area (Å²) in [6.45, 7) is 4.48. The average Bonchev–Trinajstić information content (AvgIpc) is 2.73. The van der Waals surface area contributed by atoms with E-state index < -0.39 is 0 Å². The van der Waals surface area contributed by atoms with Crippen LogP contribution in [0, 0.1) is 18.7 Å². The zero-order valence-electron chi connectivity index (χ0n) is 16.7. The highest BCUT2D eigenvalue weighted by atomic mass is 19.1. The molecule has 2 unspecified atom stereocenters. The van der Waals surface area contributed by atoms with Gasteiger partial charge in [-0.2, -0.15) is 0 Å². The minimum absolute atomic E-state index is 0.124. The molecule has 2 atom stereocenters. The monoisotopic (exact) mass is 383 g/mol. The molecule has 0 amide bonds. The third-order valence-electron chi connectivity index (χ3n) is 5.23. The first-order valence-corrected chi connectivity index (χ1v) is 10.0. The molecule has 4 nitrogen and oxygen atoms in total. The largest absolute Gasteiger partial charge is 0.373 e. The van der Waals surface area contributed by atoms with Crippen LogP contribution < -0.4 is 10.6 Å². The van der Waals surface area contributed by atoms with Crippen LogP contribution in [0.1, 0.15) is 35.6 Å². The van der Waals surface area contributed by atoms with Crippen molar-refractivity contribution < 1.29 is 9.13 Å². The highest BCUT2D eigenvalue weighted by molar-refractivity contribution is 5.79. The molecular weight excluding hydrogens is 353 g/mol. The van der Waals surface area contributed by atoms with Gasteiger partial charge in [0, 0.05) is 32.7 Å². The van der Waals surface area contributed by atoms with Gasteiger partial charge in [0.15, 0.2) is 5.96 Å². The summed E-state index contributed by atoms with van der Waals surface area (Å²) in [6, 6.07) is 15.3. The van der Waals surface area contributed by atoms with E-state index in [2.05, 4.69) is 46.8 Å². The number of aryl methyl sites for hydroxylation is 1. The lowest BCUT2D eigenvalue weighted by atomic mass is 9.89. The van der Waals surface area contributed by atoms with E-state index in [1.54, 1.807) is 7.05 Å². The van der Waals surface area contributed by atoms with Gasteiger partial charge in [0.25, 0.3) is 0 Å². The van der Waals surface area contributed by atoms with Crippen LogP contribution in [-0.2, 0) is 11.2 Å². The van der Waals surface area contributed by atoms with E-state index in [0.29, 0.717) is 5.92 Å². The molecule has 2 N–H and O–H groups in total. The second-order valence-corrected chi connectivity index (χ2v) is 7.36. The van der Waals surface area contributed by atoms with E-state index in [9.17, 15) is 4.39 Å². The normalized spacial score (nSPS) is 20.0. The van der Waals surface area contributed by atoms with Crippen LogP contribution in [0.15, 0.2) is 53.5 Å². The number of hydrogen-bond acceptors (Lipinski definition) is 2. The molecule has 3 rings (SSSR count). The maximum absolute atomic E-state index is 13.0. The van der Waals surface area contributed by atoms with Gasteiger partial charge < -0.3 is 15.4 Å². The molecule has 2 aromatic rings. The second-order valence-electron chi connectivity index (χ2n) is 7.36. The number of benzene rings is 2. The van der Waals surface area contributed by atoms with Crippen molar-refractivity contribution in [3.05, 3.63) is 71.0 Å². The average molecular weight is 384 g/mol. The Bertz CT molecular complexity index is 758. The summed E-state index contributed by atoms with van der Waals surface area (Å²) in [5.41, 5.74) is 3.61. The number of rotatable bonds is 6. The van der Waals surface area contributed by atoms with Crippen LogP contribution in [0.2, 0.25) is 0 Å². The SMILES string of the molecule is CN=C(NCCc1ccc(F)cc1)NCC1CCCOC1c1ccc(C)cc1. The van der Waals surface area contributed by atoms with Crippen molar-refractivity contribution in [3.8, 4) is 0 Å². The molecule has 0 saturated carbocycles. The first-order valence-electron chi connectivity index (χ1n) is 10.0. The zero-order valence-corrected chi connectivity index (χ0v) is 16.7. The van der Waals surface area contributed by atoms with Crippen molar-refractivity contribution in [1.82, 2.24) is 10.6 Å². The molecule has 0 spiro atoms. The van der Waals surface area contributed by atoms with Gasteiger partial charge in [-0.15, -0.1) is 0 Å². The molecule has 5 heteroatoms. The fourth-order valence-electron chi connectivity index (χ4n) is 3.60. The molecule has 0 aromatic heterocycles. The molecule has 0 bridgehead atoms. The predicted octanol–water partition coefficient (Wildman–Crippen LogP) is 4.01. The lowest BCUT2D eigenvalue weighted by Gasteiger charge is -2.32. The van der Waals surface area contributed by atoms with Gasteiger partial charge in [0.1, 0.15) is 5.82 Å². The third-order valence-corrected chi connectivity index (χ3v) is 5.23. The van der Waals surface area contributed by atoms with Gasteiger partial charge in [-0.3, -0.25) is 4.99 Å². The Balaban J connectivity index is 1.49. The molecule has 1 aliphatic heterocycles. The van der Waals surface area contributed by atoms with Crippen molar-refractivity contribution >= 4 is 5.96 Å². The summed E-state index contributed by atoms with van der Waals surface area (Å²) in [5.74, 6) is 0.995. The van der Waals surface area contributed by atoms with Crippen LogP contribution in [-0.4, -0.2) is 32.7 Å². The summed E-state index contributed by atoms with van der Waals surface area (Å²) in [5, 5.41) is 6.78. The molecule has 1 fully saturated rings. The highest BCUT2D eigenvalue weighted by Gasteiger charge is 2.27. The van der Waals surface area contributed by atoms with Crippen molar-refractivity contribution in [2.75, 3.05) is 26.7 Å². The van der Waals surface area contributed by atoms with Crippen LogP contribution in [0.3, 0.4) is 0 Å². The van der Waals surface area contributed by atoms with Gasteiger partial charge in [0.05, 0.1) is 6.10 Å². The Morgan fingerprint density at radius 2 is 1.86 bits per heavy atom. The van der Waals surface area contributed by atoms with E-state index in [1.165, 1.54) is 23.3 Å². The Morgan fingerprint density at radius 3 is 2.57 bits per heavy atom. The molecule has 0 radical (unpaired) electrons. The van der Waals surface area contributed by atoms with Gasteiger partial charge in [-0.05, 0) is 49.4 Å². The Kier molecular flexibility index (Phi) is 7.43. The van der Waals surface area contributed by atoms with E-state index in [4.69, 9.17) is 4.74 Å². The standard InChI is InChI=1S/C23H30FN3O/c1-17-5-9-19(10-6-17)22-20(4-3-15-28-22)16-27-23(25-2)26-14-13-18-7-11-21(24)12-8-18/h5-12,20,22H,3-4,13-16H2,1-2H3,(H2,25,26,27). The molecule has 1 saturated heterocycles. The van der Waals surface area contributed by atoms with E-state index in [1.807, 2.05) is 12.1 Å². The maximum atomic E-state index is 13.0. The van der Waals surface area contributed by atoms with Crippen LogP contribution in [0.5, 0.6) is 0 Å².